The maximum Gasteiger partial charge on any atom is 0.343 e. The third-order valence-electron chi connectivity index (χ3n) is 17.6. The number of hydrogen-bond acceptors (Lipinski definition) is 12. The highest BCUT2D eigenvalue weighted by Gasteiger charge is 2.29. The van der Waals surface area contributed by atoms with Crippen molar-refractivity contribution in [3.8, 4) is 23.0 Å². The van der Waals surface area contributed by atoms with Gasteiger partial charge in [-0.3, -0.25) is 9.59 Å². The van der Waals surface area contributed by atoms with Crippen molar-refractivity contribution in [3.05, 3.63) is 189 Å². The van der Waals surface area contributed by atoms with Crippen molar-refractivity contribution in [1.82, 2.24) is 9.80 Å². The number of carbonyl (C=O) groups excluding carboxylic acids is 4. The van der Waals surface area contributed by atoms with Crippen molar-refractivity contribution in [1.29, 1.82) is 0 Å². The molecular weight excluding hydrogens is 1110 g/mol. The molecule has 0 atom stereocenters. The van der Waals surface area contributed by atoms with Crippen molar-refractivity contribution in [2.45, 2.75) is 140 Å². The van der Waals surface area contributed by atoms with Gasteiger partial charge in [0.15, 0.2) is 11.6 Å². The highest BCUT2D eigenvalue weighted by atomic mass is 32.1. The van der Waals surface area contributed by atoms with E-state index < -0.39 is 0 Å². The van der Waals surface area contributed by atoms with Crippen molar-refractivity contribution in [2.24, 2.45) is 0 Å². The molecule has 0 bridgehead atoms. The number of nitrogens with zero attached hydrogens (tertiary/aromatic N) is 2. The molecule has 0 N–H and O–H groups in total. The lowest BCUT2D eigenvalue weighted by Crippen LogP contribution is -2.26. The largest absolute Gasteiger partial charge is 0.494 e. The van der Waals surface area contributed by atoms with Gasteiger partial charge in [-0.05, 0) is 211 Å². The molecule has 2 aliphatic heterocycles. The molecule has 0 amide bonds. The van der Waals surface area contributed by atoms with Gasteiger partial charge in [-0.15, -0.1) is 22.7 Å². The molecule has 12 rings (SSSR count). The predicted octanol–water partition coefficient (Wildman–Crippen LogP) is 18.1. The molecule has 10 nitrogen and oxygen atoms in total. The first-order valence-corrected chi connectivity index (χ1v) is 33.6. The molecule has 0 unspecified atom stereocenters. The summed E-state index contributed by atoms with van der Waals surface area (Å²) in [7, 11) is 0. The van der Waals surface area contributed by atoms with E-state index in [2.05, 4.69) is 9.80 Å². The zero-order valence-electron chi connectivity index (χ0n) is 49.8. The number of carbonyl (C=O) groups is 4. The molecule has 4 aliphatic rings. The molecule has 6 aromatic carbocycles. The second kappa shape index (κ2) is 30.6. The average Bonchev–Trinajstić information content (AvgIpc) is 2.46. The van der Waals surface area contributed by atoms with E-state index in [1.807, 2.05) is 121 Å². The van der Waals surface area contributed by atoms with Gasteiger partial charge in [0.1, 0.15) is 23.0 Å². The average molecular weight is 1190 g/mol. The zero-order valence-corrected chi connectivity index (χ0v) is 51.4. The van der Waals surface area contributed by atoms with Gasteiger partial charge in [0.25, 0.3) is 0 Å². The summed E-state index contributed by atoms with van der Waals surface area (Å²) in [6, 6.07) is 44.7. The highest BCUT2D eigenvalue weighted by molar-refractivity contribution is 7.20. The number of hydrogen-bond donors (Lipinski definition) is 0. The van der Waals surface area contributed by atoms with Gasteiger partial charge in [0, 0.05) is 65.3 Å². The SMILES string of the molecule is O=C(Oc1ccc2c(C(=O)c3ccc(OCCCN4CCCC4)cc3)c(C3CCCCCC3)sc2c1)c1ccccc1.O=C(Oc1ccc2c(C(=O)c3ccc(OCCCN4CCCCCC4)cc3)c(C3CCCCCC3)sc2c1)c1ccccc1. The Kier molecular flexibility index (Phi) is 21.6. The van der Waals surface area contributed by atoms with E-state index in [9.17, 15) is 19.2 Å². The highest BCUT2D eigenvalue weighted by Crippen LogP contribution is 2.46. The molecule has 2 saturated heterocycles. The Morgan fingerprint density at radius 3 is 1.12 bits per heavy atom. The van der Waals surface area contributed by atoms with E-state index >= 15 is 0 Å². The minimum Gasteiger partial charge on any atom is -0.494 e. The van der Waals surface area contributed by atoms with Crippen LogP contribution in [-0.2, 0) is 0 Å². The second-order valence-corrected chi connectivity index (χ2v) is 26.0. The van der Waals surface area contributed by atoms with E-state index in [0.29, 0.717) is 58.8 Å². The fourth-order valence-electron chi connectivity index (χ4n) is 12.9. The Morgan fingerprint density at radius 2 is 0.733 bits per heavy atom. The van der Waals surface area contributed by atoms with Crippen LogP contribution in [0.4, 0.5) is 0 Å². The Labute approximate surface area is 515 Å². The molecule has 86 heavy (non-hydrogen) atoms. The van der Waals surface area contributed by atoms with Crippen LogP contribution in [0.5, 0.6) is 23.0 Å². The van der Waals surface area contributed by atoms with Gasteiger partial charge in [0.05, 0.1) is 24.3 Å². The van der Waals surface area contributed by atoms with Gasteiger partial charge in [-0.1, -0.05) is 101 Å². The van der Waals surface area contributed by atoms with E-state index in [4.69, 9.17) is 18.9 Å². The molecule has 4 fully saturated rings. The van der Waals surface area contributed by atoms with Crippen LogP contribution in [-0.4, -0.2) is 85.8 Å². The third kappa shape index (κ3) is 16.0. The maximum atomic E-state index is 14.2. The fraction of sp³-hybridized carbons (Fsp3) is 0.405. The Bertz CT molecular complexity index is 3490. The van der Waals surface area contributed by atoms with Crippen LogP contribution in [0.1, 0.15) is 203 Å². The molecule has 0 spiro atoms. The minimum absolute atomic E-state index is 0.0510. The number of benzene rings is 6. The van der Waals surface area contributed by atoms with E-state index in [1.165, 1.54) is 126 Å². The van der Waals surface area contributed by atoms with E-state index in [0.717, 1.165) is 94.4 Å². The fourth-order valence-corrected chi connectivity index (χ4v) is 15.7. The number of likely N-dealkylation sites (tertiary alicyclic amines) is 2. The Morgan fingerprint density at radius 1 is 0.384 bits per heavy atom. The summed E-state index contributed by atoms with van der Waals surface area (Å²) in [6.07, 6.45) is 24.1. The van der Waals surface area contributed by atoms with Crippen LogP contribution in [0.15, 0.2) is 146 Å². The smallest absolute Gasteiger partial charge is 0.343 e. The summed E-state index contributed by atoms with van der Waals surface area (Å²) < 4.78 is 25.5. The van der Waals surface area contributed by atoms with Crippen molar-refractivity contribution in [2.75, 3.05) is 52.5 Å². The molecule has 2 aromatic heterocycles. The molecular formula is C74H82N2O8S2. The molecule has 12 heteroatoms. The van der Waals surface area contributed by atoms with Crippen molar-refractivity contribution >= 4 is 66.4 Å². The van der Waals surface area contributed by atoms with Crippen molar-refractivity contribution in [3.63, 3.8) is 0 Å². The van der Waals surface area contributed by atoms with Gasteiger partial charge in [-0.2, -0.15) is 0 Å². The van der Waals surface area contributed by atoms with Crippen LogP contribution < -0.4 is 18.9 Å². The van der Waals surface area contributed by atoms with Gasteiger partial charge >= 0.3 is 11.9 Å². The molecule has 2 saturated carbocycles. The number of ketones is 2. The summed E-state index contributed by atoms with van der Waals surface area (Å²) in [5.41, 5.74) is 3.99. The molecule has 448 valence electrons. The Balaban J connectivity index is 0.000000179. The van der Waals surface area contributed by atoms with Crippen LogP contribution in [0.3, 0.4) is 0 Å². The first kappa shape index (κ1) is 60.7. The molecule has 4 heterocycles. The lowest BCUT2D eigenvalue weighted by atomic mass is 9.91. The maximum absolute atomic E-state index is 14.2. The minimum atomic E-state index is -0.384. The standard InChI is InChI=1S/C38H43NO4S.C36H39NO4S/c40-36(28-17-19-31(20-18-28)42-26-12-25-39-23-10-3-4-11-24-39)35-33-22-21-32(43-38(41)30-15-8-5-9-16-30)27-34(33)44-37(35)29-13-6-1-2-7-14-29;38-34(26-15-17-29(18-16-26)40-24-10-23-37-21-8-9-22-37)33-31-20-19-30(41-36(39)28-13-6-3-7-14-28)25-32(31)42-35(33)27-11-4-1-2-5-12-27/h5,8-9,15-22,27,29H,1-4,6-7,10-14,23-26H2;3,6-7,13-20,25,27H,1-2,4-5,8-12,21-24H2. The lowest BCUT2D eigenvalue weighted by Gasteiger charge is -2.19. The number of fused-ring (bicyclic) bond motifs is 2. The normalized spacial score (nSPS) is 16.6. The van der Waals surface area contributed by atoms with E-state index in [1.54, 1.807) is 46.9 Å². The number of ether oxygens (including phenoxy) is 4. The van der Waals surface area contributed by atoms with Crippen molar-refractivity contribution < 1.29 is 38.1 Å². The third-order valence-corrected chi connectivity index (χ3v) is 20.3. The monoisotopic (exact) mass is 1190 g/mol. The molecule has 2 aliphatic carbocycles. The first-order chi connectivity index (χ1) is 42.3. The summed E-state index contributed by atoms with van der Waals surface area (Å²) >= 11 is 3.37. The van der Waals surface area contributed by atoms with E-state index in [-0.39, 0.29) is 23.5 Å². The van der Waals surface area contributed by atoms with Crippen LogP contribution in [0.25, 0.3) is 20.2 Å². The predicted molar refractivity (Wildman–Crippen MR) is 348 cm³/mol. The molecule has 0 radical (unpaired) electrons. The topological polar surface area (TPSA) is 112 Å². The summed E-state index contributed by atoms with van der Waals surface area (Å²) in [4.78, 5) is 61.1. The summed E-state index contributed by atoms with van der Waals surface area (Å²) in [6.45, 7) is 8.35. The number of rotatable bonds is 20. The second-order valence-electron chi connectivity index (χ2n) is 23.8. The summed E-state index contributed by atoms with van der Waals surface area (Å²) in [5.74, 6) is 2.68. The zero-order chi connectivity index (χ0) is 58.9. The van der Waals surface area contributed by atoms with Crippen LogP contribution in [0.2, 0.25) is 0 Å². The number of esters is 2. The van der Waals surface area contributed by atoms with Crippen LogP contribution in [0, 0.1) is 0 Å². The summed E-state index contributed by atoms with van der Waals surface area (Å²) in [5, 5.41) is 1.87. The van der Waals surface area contributed by atoms with Gasteiger partial charge in [-0.25, -0.2) is 9.59 Å². The lowest BCUT2D eigenvalue weighted by molar-refractivity contribution is 0.0725. The Hall–Kier alpha value is -6.96. The van der Waals surface area contributed by atoms with Gasteiger partial charge in [0.2, 0.25) is 0 Å². The number of thiophene rings is 2. The first-order valence-electron chi connectivity index (χ1n) is 32.0. The van der Waals surface area contributed by atoms with Crippen LogP contribution >= 0.6 is 22.7 Å². The quantitative estimate of drug-likeness (QED) is 0.0240. The van der Waals surface area contributed by atoms with Gasteiger partial charge < -0.3 is 28.7 Å². The molecule has 8 aromatic rings.